The summed E-state index contributed by atoms with van der Waals surface area (Å²) in [5.74, 6) is 1.87. The van der Waals surface area contributed by atoms with Gasteiger partial charge >= 0.3 is 0 Å². The third-order valence-electron chi connectivity index (χ3n) is 2.97. The first-order chi connectivity index (χ1) is 9.63. The van der Waals surface area contributed by atoms with Gasteiger partial charge in [-0.15, -0.1) is 0 Å². The second-order valence-electron chi connectivity index (χ2n) is 4.98. The molecule has 0 amide bonds. The quantitative estimate of drug-likeness (QED) is 0.767. The molecule has 106 valence electrons. The van der Waals surface area contributed by atoms with Crippen molar-refractivity contribution in [2.75, 3.05) is 17.6 Å². The molecule has 0 radical (unpaired) electrons. The van der Waals surface area contributed by atoms with Gasteiger partial charge in [0.05, 0.1) is 0 Å². The largest absolute Gasteiger partial charge is 0.384 e. The number of nitrogens with one attached hydrogen (secondary N) is 1. The average molecular weight is 289 g/mol. The number of thioether (sulfide) groups is 1. The van der Waals surface area contributed by atoms with Crippen LogP contribution in [0.25, 0.3) is 0 Å². The Labute approximate surface area is 124 Å². The topological polar surface area (TPSA) is 12.0 Å². The van der Waals surface area contributed by atoms with E-state index in [-0.39, 0.29) is 5.82 Å². The van der Waals surface area contributed by atoms with Crippen LogP contribution in [0.2, 0.25) is 0 Å². The molecular formula is C17H20FNS. The van der Waals surface area contributed by atoms with E-state index >= 15 is 0 Å². The van der Waals surface area contributed by atoms with Crippen LogP contribution in [0.4, 0.5) is 10.1 Å². The van der Waals surface area contributed by atoms with Crippen LogP contribution in [0.5, 0.6) is 0 Å². The van der Waals surface area contributed by atoms with Gasteiger partial charge in [0.2, 0.25) is 0 Å². The molecule has 0 spiro atoms. The van der Waals surface area contributed by atoms with Gasteiger partial charge in [-0.05, 0) is 43.7 Å². The molecule has 1 nitrogen and oxygen atoms in total. The Hall–Kier alpha value is -1.48. The van der Waals surface area contributed by atoms with Crippen molar-refractivity contribution < 1.29 is 4.39 Å². The third-order valence-corrected chi connectivity index (χ3v) is 4.00. The fourth-order valence-corrected chi connectivity index (χ4v) is 2.97. The van der Waals surface area contributed by atoms with E-state index in [1.54, 1.807) is 12.1 Å². The minimum absolute atomic E-state index is 0.195. The molecule has 2 aromatic rings. The van der Waals surface area contributed by atoms with E-state index in [0.29, 0.717) is 0 Å². The van der Waals surface area contributed by atoms with Crippen LogP contribution in [0.15, 0.2) is 42.5 Å². The van der Waals surface area contributed by atoms with Crippen molar-refractivity contribution in [2.24, 2.45) is 0 Å². The number of aryl methyl sites for hydroxylation is 2. The Bertz CT molecular complexity index is 531. The van der Waals surface area contributed by atoms with E-state index in [4.69, 9.17) is 0 Å². The highest BCUT2D eigenvalue weighted by molar-refractivity contribution is 7.98. The molecular weight excluding hydrogens is 269 g/mol. The lowest BCUT2D eigenvalue weighted by Gasteiger charge is -2.07. The van der Waals surface area contributed by atoms with Crippen LogP contribution in [0.1, 0.15) is 16.7 Å². The van der Waals surface area contributed by atoms with Crippen LogP contribution in [-0.2, 0) is 5.75 Å². The van der Waals surface area contributed by atoms with Crippen LogP contribution in [0.3, 0.4) is 0 Å². The molecule has 0 atom stereocenters. The lowest BCUT2D eigenvalue weighted by Crippen LogP contribution is -2.04. The van der Waals surface area contributed by atoms with Gasteiger partial charge in [-0.3, -0.25) is 0 Å². The van der Waals surface area contributed by atoms with Crippen molar-refractivity contribution in [1.82, 2.24) is 0 Å². The molecule has 2 aromatic carbocycles. The summed E-state index contributed by atoms with van der Waals surface area (Å²) in [5.41, 5.74) is 5.00. The first-order valence-electron chi connectivity index (χ1n) is 6.78. The fourth-order valence-electron chi connectivity index (χ4n) is 2.18. The van der Waals surface area contributed by atoms with Gasteiger partial charge < -0.3 is 5.32 Å². The summed E-state index contributed by atoms with van der Waals surface area (Å²) in [5, 5.41) is 3.29. The highest BCUT2D eigenvalue weighted by Gasteiger charge is 1.97. The molecule has 0 unspecified atom stereocenters. The second kappa shape index (κ2) is 7.34. The first kappa shape index (κ1) is 14.9. The summed E-state index contributed by atoms with van der Waals surface area (Å²) < 4.78 is 12.8. The Morgan fingerprint density at radius 1 is 1.00 bits per heavy atom. The van der Waals surface area contributed by atoms with Gasteiger partial charge in [0.1, 0.15) is 5.82 Å². The molecule has 0 aromatic heterocycles. The lowest BCUT2D eigenvalue weighted by molar-refractivity contribution is 0.628. The smallest absolute Gasteiger partial charge is 0.123 e. The molecule has 0 fully saturated rings. The fraction of sp³-hybridized carbons (Fsp3) is 0.294. The average Bonchev–Trinajstić information content (AvgIpc) is 2.39. The van der Waals surface area contributed by atoms with Gasteiger partial charge in [-0.25, -0.2) is 4.39 Å². The van der Waals surface area contributed by atoms with Gasteiger partial charge in [0, 0.05) is 23.7 Å². The summed E-state index contributed by atoms with van der Waals surface area (Å²) in [6.45, 7) is 5.16. The molecule has 0 saturated heterocycles. The van der Waals surface area contributed by atoms with Crippen molar-refractivity contribution in [3.05, 3.63) is 65.0 Å². The van der Waals surface area contributed by atoms with Crippen molar-refractivity contribution in [2.45, 2.75) is 19.6 Å². The van der Waals surface area contributed by atoms with Gasteiger partial charge in [0.25, 0.3) is 0 Å². The number of anilines is 1. The van der Waals surface area contributed by atoms with E-state index < -0.39 is 0 Å². The van der Waals surface area contributed by atoms with Crippen molar-refractivity contribution in [3.8, 4) is 0 Å². The minimum Gasteiger partial charge on any atom is -0.384 e. The molecule has 0 aliphatic heterocycles. The number of rotatable bonds is 6. The Kier molecular flexibility index (Phi) is 5.48. The molecule has 0 bridgehead atoms. The third kappa shape index (κ3) is 4.89. The minimum atomic E-state index is -0.195. The zero-order valence-electron chi connectivity index (χ0n) is 11.9. The summed E-state index contributed by atoms with van der Waals surface area (Å²) in [4.78, 5) is 0. The van der Waals surface area contributed by atoms with Crippen LogP contribution >= 0.6 is 11.8 Å². The van der Waals surface area contributed by atoms with Gasteiger partial charge in [-0.2, -0.15) is 11.8 Å². The summed E-state index contributed by atoms with van der Waals surface area (Å²) in [7, 11) is 0. The number of halogens is 1. The van der Waals surface area contributed by atoms with Gasteiger partial charge in [0.15, 0.2) is 0 Å². The van der Waals surface area contributed by atoms with Crippen molar-refractivity contribution in [3.63, 3.8) is 0 Å². The lowest BCUT2D eigenvalue weighted by atomic mass is 10.1. The molecule has 0 heterocycles. The zero-order valence-corrected chi connectivity index (χ0v) is 12.8. The zero-order chi connectivity index (χ0) is 14.4. The highest BCUT2D eigenvalue weighted by Crippen LogP contribution is 2.16. The van der Waals surface area contributed by atoms with E-state index in [9.17, 15) is 4.39 Å². The maximum atomic E-state index is 12.8. The van der Waals surface area contributed by atoms with Gasteiger partial charge in [-0.1, -0.05) is 29.3 Å². The van der Waals surface area contributed by atoms with E-state index in [2.05, 4.69) is 37.4 Å². The van der Waals surface area contributed by atoms with E-state index in [1.807, 2.05) is 11.8 Å². The molecule has 0 saturated carbocycles. The highest BCUT2D eigenvalue weighted by atomic mass is 32.2. The number of benzene rings is 2. The Morgan fingerprint density at radius 2 is 1.65 bits per heavy atom. The molecule has 2 rings (SSSR count). The van der Waals surface area contributed by atoms with E-state index in [1.165, 1.54) is 28.8 Å². The normalized spacial score (nSPS) is 10.6. The number of hydrogen-bond donors (Lipinski definition) is 1. The Morgan fingerprint density at radius 3 is 2.30 bits per heavy atom. The second-order valence-corrected chi connectivity index (χ2v) is 6.09. The summed E-state index contributed by atoms with van der Waals surface area (Å²) in [6.07, 6.45) is 0. The first-order valence-corrected chi connectivity index (χ1v) is 7.93. The number of hydrogen-bond acceptors (Lipinski definition) is 2. The predicted molar refractivity (Wildman–Crippen MR) is 87.0 cm³/mol. The molecule has 0 aliphatic carbocycles. The van der Waals surface area contributed by atoms with Crippen LogP contribution < -0.4 is 5.32 Å². The molecule has 1 N–H and O–H groups in total. The monoisotopic (exact) mass is 289 g/mol. The van der Waals surface area contributed by atoms with Crippen LogP contribution in [0, 0.1) is 19.7 Å². The van der Waals surface area contributed by atoms with Crippen LogP contribution in [-0.4, -0.2) is 12.3 Å². The van der Waals surface area contributed by atoms with Crippen molar-refractivity contribution >= 4 is 17.4 Å². The maximum absolute atomic E-state index is 12.8. The van der Waals surface area contributed by atoms with Crippen molar-refractivity contribution in [1.29, 1.82) is 0 Å². The summed E-state index contributed by atoms with van der Waals surface area (Å²) in [6, 6.07) is 13.2. The standard InChI is InChI=1S/C17H20FNS/c1-13-9-14(2)11-15(10-13)12-20-8-7-19-17-5-3-16(18)4-6-17/h3-6,9-11,19H,7-8,12H2,1-2H3. The Balaban J connectivity index is 1.70. The predicted octanol–water partition coefficient (Wildman–Crippen LogP) is 4.79. The summed E-state index contributed by atoms with van der Waals surface area (Å²) >= 11 is 1.91. The SMILES string of the molecule is Cc1cc(C)cc(CSCCNc2ccc(F)cc2)c1. The molecule has 3 heteroatoms. The maximum Gasteiger partial charge on any atom is 0.123 e. The molecule has 0 aliphatic rings. The molecule has 20 heavy (non-hydrogen) atoms. The van der Waals surface area contributed by atoms with E-state index in [0.717, 1.165) is 23.7 Å².